The quantitative estimate of drug-likeness (QED) is 0.152. The monoisotopic (exact) mass is 348 g/mol. The number of hydrogen-bond acceptors (Lipinski definition) is 0. The zero-order chi connectivity index (χ0) is 18.4. The van der Waals surface area contributed by atoms with Gasteiger partial charge in [0.2, 0.25) is 0 Å². The molecule has 0 amide bonds. The van der Waals surface area contributed by atoms with E-state index in [1.807, 2.05) is 0 Å². The summed E-state index contributed by atoms with van der Waals surface area (Å²) in [4.78, 5) is 0. The molecule has 0 aromatic heterocycles. The molecular formula is C25H48. The maximum absolute atomic E-state index is 3.91. The van der Waals surface area contributed by atoms with E-state index in [0.717, 1.165) is 18.8 Å². The van der Waals surface area contributed by atoms with Crippen molar-refractivity contribution >= 4 is 0 Å². The zero-order valence-corrected chi connectivity index (χ0v) is 17.6. The summed E-state index contributed by atoms with van der Waals surface area (Å²) in [5.41, 5.74) is 0. The molecule has 148 valence electrons. The molecule has 0 saturated carbocycles. The van der Waals surface area contributed by atoms with Crippen molar-refractivity contribution in [2.45, 2.75) is 129 Å². The molecule has 0 heteroatoms. The summed E-state index contributed by atoms with van der Waals surface area (Å²) in [7, 11) is 0. The maximum atomic E-state index is 3.91. The Morgan fingerprint density at radius 2 is 1.00 bits per heavy atom. The number of unbranched alkanes of at least 4 members (excludes halogenated alkanes) is 13. The lowest BCUT2D eigenvalue weighted by atomic mass is 9.92. The van der Waals surface area contributed by atoms with Crippen LogP contribution in [-0.4, -0.2) is 0 Å². The van der Waals surface area contributed by atoms with Crippen molar-refractivity contribution in [3.8, 4) is 0 Å². The molecule has 0 N–H and O–H groups in total. The predicted octanol–water partition coefficient (Wildman–Crippen LogP) is 9.26. The lowest BCUT2D eigenvalue weighted by molar-refractivity contribution is 0.394. The van der Waals surface area contributed by atoms with E-state index in [4.69, 9.17) is 0 Å². The molecular weight excluding hydrogens is 300 g/mol. The van der Waals surface area contributed by atoms with Gasteiger partial charge in [0.25, 0.3) is 0 Å². The third-order valence-corrected chi connectivity index (χ3v) is 5.46. The van der Waals surface area contributed by atoms with Gasteiger partial charge >= 0.3 is 0 Å². The second-order valence-electron chi connectivity index (χ2n) is 7.85. The fourth-order valence-corrected chi connectivity index (χ4v) is 3.59. The Balaban J connectivity index is 3.35. The maximum Gasteiger partial charge on any atom is -0.0351 e. The highest BCUT2D eigenvalue weighted by Gasteiger charge is 2.05. The van der Waals surface area contributed by atoms with Crippen LogP contribution in [0.4, 0.5) is 0 Å². The summed E-state index contributed by atoms with van der Waals surface area (Å²) >= 11 is 0. The molecule has 0 aromatic rings. The minimum absolute atomic E-state index is 0.990. The van der Waals surface area contributed by atoms with E-state index in [2.05, 4.69) is 32.9 Å². The van der Waals surface area contributed by atoms with Gasteiger partial charge in [0, 0.05) is 0 Å². The zero-order valence-electron chi connectivity index (χ0n) is 17.6. The van der Waals surface area contributed by atoms with Gasteiger partial charge in [0.15, 0.2) is 0 Å². The van der Waals surface area contributed by atoms with Crippen LogP contribution < -0.4 is 0 Å². The Hall–Kier alpha value is -0.260. The van der Waals surface area contributed by atoms with Crippen molar-refractivity contribution < 1.29 is 0 Å². The van der Waals surface area contributed by atoms with Gasteiger partial charge in [0.1, 0.15) is 0 Å². The van der Waals surface area contributed by atoms with Crippen LogP contribution in [0.3, 0.4) is 0 Å². The minimum Gasteiger partial charge on any atom is -0.0885 e. The average Bonchev–Trinajstić information content (AvgIpc) is 2.63. The lowest BCUT2D eigenvalue weighted by Gasteiger charge is -2.14. The van der Waals surface area contributed by atoms with E-state index >= 15 is 0 Å². The van der Waals surface area contributed by atoms with E-state index in [0.29, 0.717) is 0 Å². The summed E-state index contributed by atoms with van der Waals surface area (Å²) in [6.45, 7) is 10.2. The number of hydrogen-bond donors (Lipinski definition) is 0. The number of allylic oxidation sites excluding steroid dienone is 2. The van der Waals surface area contributed by atoms with Crippen LogP contribution in [0, 0.1) is 19.8 Å². The molecule has 2 radical (unpaired) electrons. The third kappa shape index (κ3) is 19.9. The van der Waals surface area contributed by atoms with Gasteiger partial charge in [-0.2, -0.15) is 0 Å². The first-order valence-electron chi connectivity index (χ1n) is 11.6. The van der Waals surface area contributed by atoms with E-state index < -0.39 is 0 Å². The Bertz CT molecular complexity index is 253. The molecule has 1 atom stereocenters. The Labute approximate surface area is 161 Å². The first-order valence-corrected chi connectivity index (χ1v) is 11.6. The van der Waals surface area contributed by atoms with E-state index in [9.17, 15) is 0 Å². The largest absolute Gasteiger partial charge is 0.0885 e. The van der Waals surface area contributed by atoms with E-state index in [-0.39, 0.29) is 0 Å². The molecule has 0 spiro atoms. The molecule has 0 aromatic carbocycles. The standard InChI is InChI=1S/C25H48/c1-4-7-9-11-13-15-17-19-21-23-25(6-3)24-22-20-18-16-14-12-10-8-5-2/h11,13,25H,1-2,4-10,12,14-24H2,3H3/b13-11+. The lowest BCUT2D eigenvalue weighted by Crippen LogP contribution is -1.99. The first-order chi connectivity index (χ1) is 12.3. The Kier molecular flexibility index (Phi) is 21.6. The first kappa shape index (κ1) is 24.7. The molecule has 0 saturated heterocycles. The van der Waals surface area contributed by atoms with Gasteiger partial charge in [0.05, 0.1) is 0 Å². The smallest absolute Gasteiger partial charge is 0.0351 e. The van der Waals surface area contributed by atoms with Crippen LogP contribution in [-0.2, 0) is 0 Å². The molecule has 0 aliphatic rings. The Morgan fingerprint density at radius 3 is 1.52 bits per heavy atom. The van der Waals surface area contributed by atoms with Gasteiger partial charge in [-0.3, -0.25) is 0 Å². The second kappa shape index (κ2) is 21.8. The van der Waals surface area contributed by atoms with Crippen LogP contribution in [0.25, 0.3) is 0 Å². The highest BCUT2D eigenvalue weighted by molar-refractivity contribution is 4.81. The topological polar surface area (TPSA) is 0 Å². The molecule has 0 fully saturated rings. The molecule has 0 aliphatic carbocycles. The van der Waals surface area contributed by atoms with Crippen molar-refractivity contribution in [2.24, 2.45) is 5.92 Å². The highest BCUT2D eigenvalue weighted by atomic mass is 14.1. The molecule has 0 rings (SSSR count). The summed E-state index contributed by atoms with van der Waals surface area (Å²) in [5, 5.41) is 0. The normalized spacial score (nSPS) is 12.9. The van der Waals surface area contributed by atoms with Crippen molar-refractivity contribution in [2.75, 3.05) is 0 Å². The van der Waals surface area contributed by atoms with Crippen LogP contribution in [0.1, 0.15) is 129 Å². The van der Waals surface area contributed by atoms with Gasteiger partial charge in [-0.15, -0.1) is 0 Å². The summed E-state index contributed by atoms with van der Waals surface area (Å²) in [6.07, 6.45) is 30.7. The molecule has 0 bridgehead atoms. The predicted molar refractivity (Wildman–Crippen MR) is 117 cm³/mol. The van der Waals surface area contributed by atoms with Crippen LogP contribution in [0.15, 0.2) is 12.2 Å². The van der Waals surface area contributed by atoms with Crippen LogP contribution in [0.5, 0.6) is 0 Å². The fourth-order valence-electron chi connectivity index (χ4n) is 3.59. The average molecular weight is 349 g/mol. The molecule has 25 heavy (non-hydrogen) atoms. The molecule has 0 nitrogen and oxygen atoms in total. The fraction of sp³-hybridized carbons (Fsp3) is 0.840. The van der Waals surface area contributed by atoms with Crippen molar-refractivity contribution in [1.82, 2.24) is 0 Å². The van der Waals surface area contributed by atoms with Gasteiger partial charge in [-0.25, -0.2) is 0 Å². The van der Waals surface area contributed by atoms with Gasteiger partial charge < -0.3 is 0 Å². The van der Waals surface area contributed by atoms with Crippen LogP contribution >= 0.6 is 0 Å². The summed E-state index contributed by atoms with van der Waals surface area (Å²) in [5.74, 6) is 0.990. The van der Waals surface area contributed by atoms with Gasteiger partial charge in [-0.05, 0) is 31.6 Å². The summed E-state index contributed by atoms with van der Waals surface area (Å²) < 4.78 is 0. The van der Waals surface area contributed by atoms with Crippen molar-refractivity contribution in [3.63, 3.8) is 0 Å². The van der Waals surface area contributed by atoms with Crippen molar-refractivity contribution in [1.29, 1.82) is 0 Å². The SMILES string of the molecule is [CH2]CCC/C=C/CCCCCC(CC)CCCCCCCCCC[CH2]. The summed E-state index contributed by atoms with van der Waals surface area (Å²) in [6, 6.07) is 0. The highest BCUT2D eigenvalue weighted by Crippen LogP contribution is 2.21. The third-order valence-electron chi connectivity index (χ3n) is 5.46. The molecule has 0 aliphatic heterocycles. The van der Waals surface area contributed by atoms with E-state index in [1.165, 1.54) is 109 Å². The van der Waals surface area contributed by atoms with Crippen LogP contribution in [0.2, 0.25) is 0 Å². The molecule has 0 heterocycles. The Morgan fingerprint density at radius 1 is 0.560 bits per heavy atom. The second-order valence-corrected chi connectivity index (χ2v) is 7.85. The number of rotatable bonds is 20. The van der Waals surface area contributed by atoms with Gasteiger partial charge in [-0.1, -0.05) is 129 Å². The van der Waals surface area contributed by atoms with E-state index in [1.54, 1.807) is 0 Å². The molecule has 1 unspecified atom stereocenters. The van der Waals surface area contributed by atoms with Crippen molar-refractivity contribution in [3.05, 3.63) is 26.0 Å². The minimum atomic E-state index is 0.990.